The second kappa shape index (κ2) is 7.41. The number of carbonyl (C=O) groups excluding carboxylic acids is 1. The highest BCUT2D eigenvalue weighted by atomic mass is 16.5. The summed E-state index contributed by atoms with van der Waals surface area (Å²) in [6.45, 7) is 3.64. The van der Waals surface area contributed by atoms with Crippen LogP contribution in [0.5, 0.6) is 5.75 Å². The molecule has 2 unspecified atom stereocenters. The van der Waals surface area contributed by atoms with E-state index < -0.39 is 23.4 Å². The van der Waals surface area contributed by atoms with Gasteiger partial charge in [-0.3, -0.25) is 14.6 Å². The second-order valence-corrected chi connectivity index (χ2v) is 6.03. The third kappa shape index (κ3) is 3.19. The molecule has 2 aromatic rings. The maximum Gasteiger partial charge on any atom is 0.315 e. The minimum absolute atomic E-state index is 0.208. The Morgan fingerprint density at radius 1 is 1.41 bits per heavy atom. The predicted octanol–water partition coefficient (Wildman–Crippen LogP) is 2.07. The van der Waals surface area contributed by atoms with E-state index in [9.17, 15) is 9.59 Å². The fourth-order valence-corrected chi connectivity index (χ4v) is 3.37. The Morgan fingerprint density at radius 3 is 2.85 bits per heavy atom. The Kier molecular flexibility index (Phi) is 5.03. The lowest BCUT2D eigenvalue weighted by atomic mass is 9.76. The van der Waals surface area contributed by atoms with Gasteiger partial charge in [0.05, 0.1) is 42.8 Å². The molecule has 0 amide bonds. The zero-order chi connectivity index (χ0) is 19.6. The van der Waals surface area contributed by atoms with Crippen LogP contribution in [0.4, 0.5) is 5.69 Å². The lowest BCUT2D eigenvalue weighted by Crippen LogP contribution is -2.36. The predicted molar refractivity (Wildman–Crippen MR) is 97.3 cm³/mol. The van der Waals surface area contributed by atoms with Crippen molar-refractivity contribution in [3.8, 4) is 11.8 Å². The summed E-state index contributed by atoms with van der Waals surface area (Å²) in [6, 6.07) is 6.94. The van der Waals surface area contributed by atoms with Gasteiger partial charge in [0.25, 0.3) is 5.56 Å². The summed E-state index contributed by atoms with van der Waals surface area (Å²) in [5.74, 6) is -1.53. The number of hydrogen-bond acceptors (Lipinski definition) is 7. The van der Waals surface area contributed by atoms with Crippen molar-refractivity contribution in [1.29, 1.82) is 5.26 Å². The first-order chi connectivity index (χ1) is 13.0. The van der Waals surface area contributed by atoms with Gasteiger partial charge in [-0.1, -0.05) is 6.07 Å². The van der Waals surface area contributed by atoms with Crippen molar-refractivity contribution >= 4 is 17.4 Å². The second-order valence-electron chi connectivity index (χ2n) is 6.03. The minimum atomic E-state index is -0.789. The van der Waals surface area contributed by atoms with Crippen molar-refractivity contribution < 1.29 is 14.3 Å². The van der Waals surface area contributed by atoms with Crippen LogP contribution >= 0.6 is 0 Å². The van der Waals surface area contributed by atoms with Crippen molar-refractivity contribution in [2.45, 2.75) is 19.8 Å². The van der Waals surface area contributed by atoms with Crippen molar-refractivity contribution in [3.63, 3.8) is 0 Å². The van der Waals surface area contributed by atoms with Gasteiger partial charge in [-0.25, -0.2) is 5.10 Å². The van der Waals surface area contributed by atoms with Gasteiger partial charge < -0.3 is 9.47 Å². The Labute approximate surface area is 155 Å². The number of nitrogens with one attached hydrogen (secondary N) is 1. The van der Waals surface area contributed by atoms with Crippen LogP contribution in [-0.2, 0) is 9.53 Å². The molecule has 1 aromatic heterocycles. The quantitative estimate of drug-likeness (QED) is 0.828. The first-order valence-electron chi connectivity index (χ1n) is 8.39. The number of benzene rings is 1. The number of nitrogens with zero attached hydrogens (tertiary/aromatic N) is 3. The number of esters is 1. The molecule has 27 heavy (non-hydrogen) atoms. The van der Waals surface area contributed by atoms with E-state index in [1.54, 1.807) is 32.0 Å². The summed E-state index contributed by atoms with van der Waals surface area (Å²) < 4.78 is 10.7. The van der Waals surface area contributed by atoms with E-state index >= 15 is 0 Å². The van der Waals surface area contributed by atoms with Gasteiger partial charge in [0.2, 0.25) is 0 Å². The summed E-state index contributed by atoms with van der Waals surface area (Å²) in [4.78, 5) is 29.7. The van der Waals surface area contributed by atoms with E-state index in [2.05, 4.69) is 21.3 Å². The molecule has 0 saturated carbocycles. The van der Waals surface area contributed by atoms with Gasteiger partial charge in [0.1, 0.15) is 11.7 Å². The average molecular weight is 366 g/mol. The number of methoxy groups -OCH3 is 1. The van der Waals surface area contributed by atoms with Gasteiger partial charge in [0.15, 0.2) is 0 Å². The first kappa shape index (κ1) is 18.3. The fourth-order valence-electron chi connectivity index (χ4n) is 3.37. The number of aromatic nitrogens is 2. The van der Waals surface area contributed by atoms with E-state index in [0.29, 0.717) is 33.8 Å². The number of aromatic amines is 1. The maximum absolute atomic E-state index is 12.7. The molecule has 8 nitrogen and oxygen atoms in total. The van der Waals surface area contributed by atoms with Gasteiger partial charge in [-0.15, -0.1) is 0 Å². The van der Waals surface area contributed by atoms with E-state index in [-0.39, 0.29) is 6.61 Å². The average Bonchev–Trinajstić information content (AvgIpc) is 2.66. The first-order valence-corrected chi connectivity index (χ1v) is 8.39. The molecule has 0 aliphatic carbocycles. The maximum atomic E-state index is 12.7. The van der Waals surface area contributed by atoms with Gasteiger partial charge >= 0.3 is 5.97 Å². The van der Waals surface area contributed by atoms with E-state index in [1.165, 1.54) is 13.3 Å². The molecule has 1 aromatic carbocycles. The molecule has 1 N–H and O–H groups in total. The van der Waals surface area contributed by atoms with Crippen molar-refractivity contribution in [2.24, 2.45) is 10.9 Å². The van der Waals surface area contributed by atoms with Gasteiger partial charge in [0, 0.05) is 17.2 Å². The van der Waals surface area contributed by atoms with E-state index in [1.807, 2.05) is 0 Å². The summed E-state index contributed by atoms with van der Waals surface area (Å²) in [6.07, 6.45) is 1.45. The minimum Gasteiger partial charge on any atom is -0.496 e. The molecule has 0 fully saturated rings. The van der Waals surface area contributed by atoms with Crippen LogP contribution in [0.2, 0.25) is 0 Å². The van der Waals surface area contributed by atoms with Crippen LogP contribution in [-0.4, -0.2) is 35.6 Å². The zero-order valence-corrected chi connectivity index (χ0v) is 15.1. The van der Waals surface area contributed by atoms with Gasteiger partial charge in [-0.05, 0) is 26.0 Å². The normalized spacial score (nSPS) is 18.1. The molecule has 8 heteroatoms. The van der Waals surface area contributed by atoms with Crippen LogP contribution in [0.25, 0.3) is 0 Å². The highest BCUT2D eigenvalue weighted by molar-refractivity contribution is 6.05. The van der Waals surface area contributed by atoms with Crippen molar-refractivity contribution in [3.05, 3.63) is 51.4 Å². The Bertz CT molecular complexity index is 1020. The van der Waals surface area contributed by atoms with Crippen LogP contribution in [0.3, 0.4) is 0 Å². The summed E-state index contributed by atoms with van der Waals surface area (Å²) in [5, 5.41) is 15.4. The molecule has 1 aliphatic heterocycles. The molecule has 3 rings (SSSR count). The molecule has 0 bridgehead atoms. The van der Waals surface area contributed by atoms with Crippen LogP contribution in [0.15, 0.2) is 34.2 Å². The van der Waals surface area contributed by atoms with Crippen LogP contribution < -0.4 is 10.3 Å². The Morgan fingerprint density at radius 2 is 2.19 bits per heavy atom. The molecule has 138 valence electrons. The Hall–Kier alpha value is -3.47. The number of nitriles is 1. The molecule has 0 spiro atoms. The summed E-state index contributed by atoms with van der Waals surface area (Å²) in [7, 11) is 1.47. The smallest absolute Gasteiger partial charge is 0.315 e. The summed E-state index contributed by atoms with van der Waals surface area (Å²) in [5.41, 5.74) is 1.80. The number of rotatable bonds is 4. The van der Waals surface area contributed by atoms with Crippen LogP contribution in [0.1, 0.15) is 36.5 Å². The fraction of sp³-hybridized carbons (Fsp3) is 0.316. The molecular weight excluding hydrogens is 348 g/mol. The summed E-state index contributed by atoms with van der Waals surface area (Å²) >= 11 is 0. The van der Waals surface area contributed by atoms with Crippen molar-refractivity contribution in [1.82, 2.24) is 10.2 Å². The number of ether oxygens (including phenoxy) is 2. The monoisotopic (exact) mass is 366 g/mol. The topological polar surface area (TPSA) is 117 Å². The number of H-pyrrole nitrogens is 1. The highest BCUT2D eigenvalue weighted by Gasteiger charge is 2.41. The van der Waals surface area contributed by atoms with Crippen LogP contribution in [0, 0.1) is 17.2 Å². The van der Waals surface area contributed by atoms with Gasteiger partial charge in [-0.2, -0.15) is 10.4 Å². The SMILES string of the molecule is CCOC(=O)C1C(C)=Nc2cn[nH]c(=O)c2C1c1ccc(C#N)cc1OC. The van der Waals surface area contributed by atoms with E-state index in [0.717, 1.165) is 0 Å². The number of fused-ring (bicyclic) bond motifs is 1. The standard InChI is InChI=1S/C19H18N4O4/c1-4-27-19(25)15-10(2)22-13-9-21-23-18(24)17(13)16(15)12-6-5-11(8-20)7-14(12)26-3/h5-7,9,15-16H,4H2,1-3H3,(H,23,24). The molecule has 2 atom stereocenters. The molecule has 0 radical (unpaired) electrons. The molecular formula is C19H18N4O4. The molecule has 2 heterocycles. The molecule has 0 saturated heterocycles. The number of carbonyl (C=O) groups is 1. The van der Waals surface area contributed by atoms with Crippen molar-refractivity contribution in [2.75, 3.05) is 13.7 Å². The Balaban J connectivity index is 2.29. The molecule has 1 aliphatic rings. The van der Waals surface area contributed by atoms with E-state index in [4.69, 9.17) is 14.7 Å². The third-order valence-electron chi connectivity index (χ3n) is 4.50. The largest absolute Gasteiger partial charge is 0.496 e. The lowest BCUT2D eigenvalue weighted by Gasteiger charge is -2.30. The highest BCUT2D eigenvalue weighted by Crippen LogP contribution is 2.43. The number of hydrogen-bond donors (Lipinski definition) is 1. The third-order valence-corrected chi connectivity index (χ3v) is 4.50. The lowest BCUT2D eigenvalue weighted by molar-refractivity contribution is -0.146. The zero-order valence-electron chi connectivity index (χ0n) is 15.1. The number of aliphatic imine (C=N–C) groups is 1.